The second-order valence-electron chi connectivity index (χ2n) is 5.17. The third-order valence-corrected chi connectivity index (χ3v) is 3.67. The van der Waals surface area contributed by atoms with Crippen molar-refractivity contribution >= 4 is 23.5 Å². The predicted molar refractivity (Wildman–Crippen MR) is 94.4 cm³/mol. The van der Waals surface area contributed by atoms with Gasteiger partial charge in [0.05, 0.1) is 11.8 Å². The summed E-state index contributed by atoms with van der Waals surface area (Å²) >= 11 is 6.09. The minimum Gasteiger partial charge on any atom is -0.472 e. The summed E-state index contributed by atoms with van der Waals surface area (Å²) in [6.07, 6.45) is 2.53. The van der Waals surface area contributed by atoms with Gasteiger partial charge in [-0.25, -0.2) is 14.8 Å². The van der Waals surface area contributed by atoms with Crippen LogP contribution in [0.1, 0.15) is 12.5 Å². The lowest BCUT2D eigenvalue weighted by Gasteiger charge is -2.20. The maximum atomic E-state index is 12.4. The Morgan fingerprint density at radius 2 is 2.04 bits per heavy atom. The topological polar surface area (TPSA) is 68.5 Å². The number of anilines is 1. The summed E-state index contributed by atoms with van der Waals surface area (Å²) in [4.78, 5) is 22.4. The van der Waals surface area contributed by atoms with E-state index in [1.54, 1.807) is 6.07 Å². The van der Waals surface area contributed by atoms with Crippen molar-refractivity contribution in [3.05, 3.63) is 65.7 Å². The average molecular weight is 358 g/mol. The van der Waals surface area contributed by atoms with Gasteiger partial charge in [0.2, 0.25) is 0 Å². The van der Waals surface area contributed by atoms with Gasteiger partial charge in [-0.15, -0.1) is 0 Å². The molecule has 0 aliphatic heterocycles. The van der Waals surface area contributed by atoms with E-state index in [-0.39, 0.29) is 11.8 Å². The summed E-state index contributed by atoms with van der Waals surface area (Å²) in [5.74, 6) is 0.752. The molecule has 0 saturated heterocycles. The van der Waals surface area contributed by atoms with Gasteiger partial charge in [0.15, 0.2) is 5.82 Å². The first-order valence-electron chi connectivity index (χ1n) is 7.72. The molecule has 7 heteroatoms. The molecule has 25 heavy (non-hydrogen) atoms. The van der Waals surface area contributed by atoms with E-state index in [1.807, 2.05) is 37.3 Å². The van der Waals surface area contributed by atoms with E-state index >= 15 is 0 Å². The molecule has 1 aromatic carbocycles. The SMILES string of the molecule is CCN(C(=O)OCc1ccccc1)c1cc(Cl)nc(-c2ccoc2)n1. The van der Waals surface area contributed by atoms with Gasteiger partial charge in [-0.3, -0.25) is 4.90 Å². The van der Waals surface area contributed by atoms with Gasteiger partial charge in [0.1, 0.15) is 23.8 Å². The highest BCUT2D eigenvalue weighted by molar-refractivity contribution is 6.29. The molecule has 2 aromatic heterocycles. The van der Waals surface area contributed by atoms with Gasteiger partial charge in [0.25, 0.3) is 0 Å². The van der Waals surface area contributed by atoms with Crippen molar-refractivity contribution in [2.24, 2.45) is 0 Å². The van der Waals surface area contributed by atoms with Crippen LogP contribution in [0.3, 0.4) is 0 Å². The highest BCUT2D eigenvalue weighted by atomic mass is 35.5. The number of ether oxygens (including phenoxy) is 1. The quantitative estimate of drug-likeness (QED) is 0.626. The van der Waals surface area contributed by atoms with E-state index in [4.69, 9.17) is 20.8 Å². The molecule has 2 heterocycles. The predicted octanol–water partition coefficient (Wildman–Crippen LogP) is 4.55. The van der Waals surface area contributed by atoms with Crippen molar-refractivity contribution in [2.45, 2.75) is 13.5 Å². The Morgan fingerprint density at radius 3 is 2.72 bits per heavy atom. The van der Waals surface area contributed by atoms with Crippen LogP contribution in [0.4, 0.5) is 10.6 Å². The number of rotatable bonds is 5. The highest BCUT2D eigenvalue weighted by Crippen LogP contribution is 2.23. The number of carbonyl (C=O) groups is 1. The van der Waals surface area contributed by atoms with Gasteiger partial charge in [0, 0.05) is 12.6 Å². The fourth-order valence-electron chi connectivity index (χ4n) is 2.25. The Kier molecular flexibility index (Phi) is 5.30. The smallest absolute Gasteiger partial charge is 0.415 e. The van der Waals surface area contributed by atoms with Crippen LogP contribution in [-0.4, -0.2) is 22.6 Å². The molecule has 6 nitrogen and oxygen atoms in total. The maximum absolute atomic E-state index is 12.4. The Labute approximate surface area is 150 Å². The average Bonchev–Trinajstić information content (AvgIpc) is 3.16. The summed E-state index contributed by atoms with van der Waals surface area (Å²) in [7, 11) is 0. The van der Waals surface area contributed by atoms with Crippen molar-refractivity contribution in [3.8, 4) is 11.4 Å². The second kappa shape index (κ2) is 7.81. The molecule has 0 unspecified atom stereocenters. The zero-order valence-corrected chi connectivity index (χ0v) is 14.3. The minimum absolute atomic E-state index is 0.184. The molecule has 128 valence electrons. The minimum atomic E-state index is -0.501. The van der Waals surface area contributed by atoms with Crippen molar-refractivity contribution < 1.29 is 13.9 Å². The third-order valence-electron chi connectivity index (χ3n) is 3.48. The number of hydrogen-bond acceptors (Lipinski definition) is 5. The molecule has 0 aliphatic carbocycles. The van der Waals surface area contributed by atoms with Crippen LogP contribution in [-0.2, 0) is 11.3 Å². The molecule has 0 N–H and O–H groups in total. The van der Waals surface area contributed by atoms with Crippen molar-refractivity contribution in [1.82, 2.24) is 9.97 Å². The lowest BCUT2D eigenvalue weighted by molar-refractivity contribution is 0.147. The molecular weight excluding hydrogens is 342 g/mol. The number of nitrogens with zero attached hydrogens (tertiary/aromatic N) is 3. The van der Waals surface area contributed by atoms with E-state index in [2.05, 4.69) is 9.97 Å². The second-order valence-corrected chi connectivity index (χ2v) is 5.56. The summed E-state index contributed by atoms with van der Waals surface area (Å²) in [6, 6.07) is 12.7. The Hall–Kier alpha value is -2.86. The largest absolute Gasteiger partial charge is 0.472 e. The van der Waals surface area contributed by atoms with Gasteiger partial charge in [-0.05, 0) is 18.6 Å². The Balaban J connectivity index is 1.79. The van der Waals surface area contributed by atoms with Gasteiger partial charge in [-0.2, -0.15) is 0 Å². The lowest BCUT2D eigenvalue weighted by Crippen LogP contribution is -2.32. The maximum Gasteiger partial charge on any atom is 0.415 e. The molecule has 0 bridgehead atoms. The number of aromatic nitrogens is 2. The van der Waals surface area contributed by atoms with Crippen molar-refractivity contribution in [2.75, 3.05) is 11.4 Å². The molecule has 0 fully saturated rings. The van der Waals surface area contributed by atoms with Crippen LogP contribution in [0.2, 0.25) is 5.15 Å². The lowest BCUT2D eigenvalue weighted by atomic mass is 10.2. The van der Waals surface area contributed by atoms with Crippen molar-refractivity contribution in [1.29, 1.82) is 0 Å². The summed E-state index contributed by atoms with van der Waals surface area (Å²) in [5, 5.41) is 0.232. The molecule has 0 aliphatic rings. The molecular formula is C18H16ClN3O3. The third kappa shape index (κ3) is 4.16. The monoisotopic (exact) mass is 357 g/mol. The number of amides is 1. The zero-order valence-electron chi connectivity index (χ0n) is 13.6. The van der Waals surface area contributed by atoms with Crippen LogP contribution in [0, 0.1) is 0 Å². The fourth-order valence-corrected chi connectivity index (χ4v) is 2.42. The number of benzene rings is 1. The van der Waals surface area contributed by atoms with Crippen LogP contribution in [0.15, 0.2) is 59.4 Å². The standard InChI is InChI=1S/C18H16ClN3O3/c1-2-22(18(23)25-11-13-6-4-3-5-7-13)16-10-15(19)20-17(21-16)14-8-9-24-12-14/h3-10,12H,2,11H2,1H3. The first-order chi connectivity index (χ1) is 12.2. The van der Waals surface area contributed by atoms with E-state index in [9.17, 15) is 4.79 Å². The number of halogens is 1. The normalized spacial score (nSPS) is 10.5. The Morgan fingerprint density at radius 1 is 1.24 bits per heavy atom. The molecule has 0 radical (unpaired) electrons. The number of hydrogen-bond donors (Lipinski definition) is 0. The van der Waals surface area contributed by atoms with Crippen LogP contribution >= 0.6 is 11.6 Å². The van der Waals surface area contributed by atoms with Gasteiger partial charge < -0.3 is 9.15 Å². The first-order valence-corrected chi connectivity index (χ1v) is 8.10. The van der Waals surface area contributed by atoms with E-state index < -0.39 is 6.09 Å². The summed E-state index contributed by atoms with van der Waals surface area (Å²) < 4.78 is 10.4. The Bertz CT molecular complexity index is 838. The van der Waals surface area contributed by atoms with E-state index in [1.165, 1.54) is 23.5 Å². The van der Waals surface area contributed by atoms with E-state index in [0.717, 1.165) is 5.56 Å². The van der Waals surface area contributed by atoms with Gasteiger partial charge >= 0.3 is 6.09 Å². The number of carbonyl (C=O) groups excluding carboxylic acids is 1. The molecule has 0 spiro atoms. The first kappa shape index (κ1) is 17.0. The summed E-state index contributed by atoms with van der Waals surface area (Å²) in [6.45, 7) is 2.40. The molecule has 3 aromatic rings. The van der Waals surface area contributed by atoms with Gasteiger partial charge in [-0.1, -0.05) is 41.9 Å². The van der Waals surface area contributed by atoms with Crippen LogP contribution < -0.4 is 4.90 Å². The van der Waals surface area contributed by atoms with Crippen LogP contribution in [0.5, 0.6) is 0 Å². The molecule has 0 atom stereocenters. The molecule has 3 rings (SSSR count). The summed E-state index contributed by atoms with van der Waals surface area (Å²) in [5.41, 5.74) is 1.59. The zero-order chi connectivity index (χ0) is 17.6. The van der Waals surface area contributed by atoms with Crippen LogP contribution in [0.25, 0.3) is 11.4 Å². The van der Waals surface area contributed by atoms with E-state index in [0.29, 0.717) is 23.8 Å². The van der Waals surface area contributed by atoms with Crippen molar-refractivity contribution in [3.63, 3.8) is 0 Å². The number of furan rings is 1. The highest BCUT2D eigenvalue weighted by Gasteiger charge is 2.19. The molecule has 0 saturated carbocycles. The molecule has 1 amide bonds. The fraction of sp³-hybridized carbons (Fsp3) is 0.167.